The van der Waals surface area contributed by atoms with E-state index < -0.39 is 0 Å². The maximum absolute atomic E-state index is 10.4. The van der Waals surface area contributed by atoms with Crippen LogP contribution in [0, 0.1) is 6.92 Å². The van der Waals surface area contributed by atoms with Crippen molar-refractivity contribution in [2.75, 3.05) is 0 Å². The van der Waals surface area contributed by atoms with E-state index in [4.69, 9.17) is 0 Å². The zero-order chi connectivity index (χ0) is 14.1. The first-order valence-electron chi connectivity index (χ1n) is 6.13. The van der Waals surface area contributed by atoms with Crippen LogP contribution in [0.15, 0.2) is 23.2 Å². The average Bonchev–Trinajstić information content (AvgIpc) is 3.01. The molecule has 0 aliphatic rings. The second-order valence-electron chi connectivity index (χ2n) is 4.22. The predicted molar refractivity (Wildman–Crippen MR) is 76.0 cm³/mol. The standard InChI is InChI=1S/C13H11N5OS/c1-3-11-15-16-13-18(11)17-12(20-13)9-5-4-6-10(8(9)2)14-7-19/h4-6H,3H2,1-2H3. The topological polar surface area (TPSA) is 72.5 Å². The van der Waals surface area contributed by atoms with E-state index in [1.54, 1.807) is 16.7 Å². The van der Waals surface area contributed by atoms with Crippen LogP contribution in [0.3, 0.4) is 0 Å². The number of hydrogen-bond donors (Lipinski definition) is 0. The van der Waals surface area contributed by atoms with Crippen LogP contribution in [0.1, 0.15) is 18.3 Å². The lowest BCUT2D eigenvalue weighted by atomic mass is 10.1. The van der Waals surface area contributed by atoms with Crippen LogP contribution in [0.25, 0.3) is 15.5 Å². The minimum atomic E-state index is 0.610. The van der Waals surface area contributed by atoms with Crippen molar-refractivity contribution < 1.29 is 4.79 Å². The van der Waals surface area contributed by atoms with Gasteiger partial charge in [-0.25, -0.2) is 4.79 Å². The first-order chi connectivity index (χ1) is 9.74. The zero-order valence-electron chi connectivity index (χ0n) is 11.0. The molecule has 0 radical (unpaired) electrons. The van der Waals surface area contributed by atoms with Gasteiger partial charge in [0.05, 0.1) is 5.69 Å². The normalized spacial score (nSPS) is 10.7. The molecule has 1 aromatic carbocycles. The number of isocyanates is 1. The highest BCUT2D eigenvalue weighted by molar-refractivity contribution is 7.19. The Morgan fingerprint density at radius 2 is 2.25 bits per heavy atom. The molecule has 0 aliphatic carbocycles. The summed E-state index contributed by atoms with van der Waals surface area (Å²) in [6, 6.07) is 5.58. The molecule has 3 rings (SSSR count). The summed E-state index contributed by atoms with van der Waals surface area (Å²) in [5, 5.41) is 13.6. The van der Waals surface area contributed by atoms with E-state index in [9.17, 15) is 4.79 Å². The summed E-state index contributed by atoms with van der Waals surface area (Å²) >= 11 is 1.47. The van der Waals surface area contributed by atoms with Crippen molar-refractivity contribution >= 4 is 28.1 Å². The molecule has 6 nitrogen and oxygen atoms in total. The Labute approximate surface area is 118 Å². The van der Waals surface area contributed by atoms with Gasteiger partial charge in [-0.15, -0.1) is 10.2 Å². The van der Waals surface area contributed by atoms with E-state index in [1.807, 2.05) is 26.0 Å². The van der Waals surface area contributed by atoms with Crippen LogP contribution in [0.2, 0.25) is 0 Å². The summed E-state index contributed by atoms with van der Waals surface area (Å²) in [6.45, 7) is 3.93. The zero-order valence-corrected chi connectivity index (χ0v) is 11.8. The average molecular weight is 285 g/mol. The Hall–Kier alpha value is -2.37. The Morgan fingerprint density at radius 1 is 1.40 bits per heavy atom. The highest BCUT2D eigenvalue weighted by Crippen LogP contribution is 2.32. The predicted octanol–water partition coefficient (Wildman–Crippen LogP) is 2.69. The van der Waals surface area contributed by atoms with E-state index in [2.05, 4.69) is 20.3 Å². The van der Waals surface area contributed by atoms with Crippen molar-refractivity contribution in [3.8, 4) is 10.6 Å². The van der Waals surface area contributed by atoms with Gasteiger partial charge in [0, 0.05) is 12.0 Å². The molecule has 0 amide bonds. The number of aliphatic imine (C=N–C) groups is 1. The van der Waals surface area contributed by atoms with Gasteiger partial charge in [0.15, 0.2) is 5.82 Å². The maximum Gasteiger partial charge on any atom is 0.240 e. The van der Waals surface area contributed by atoms with E-state index >= 15 is 0 Å². The monoisotopic (exact) mass is 285 g/mol. The van der Waals surface area contributed by atoms with Gasteiger partial charge in [-0.3, -0.25) is 0 Å². The molecule has 0 aliphatic heterocycles. The molecular formula is C13H11N5OS. The van der Waals surface area contributed by atoms with E-state index in [1.165, 1.54) is 11.3 Å². The minimum absolute atomic E-state index is 0.610. The largest absolute Gasteiger partial charge is 0.240 e. The summed E-state index contributed by atoms with van der Waals surface area (Å²) in [7, 11) is 0. The fourth-order valence-corrected chi connectivity index (χ4v) is 2.95. The second-order valence-corrected chi connectivity index (χ2v) is 5.18. The summed E-state index contributed by atoms with van der Waals surface area (Å²) < 4.78 is 1.76. The highest BCUT2D eigenvalue weighted by Gasteiger charge is 2.14. The van der Waals surface area contributed by atoms with Crippen LogP contribution in [-0.4, -0.2) is 25.9 Å². The van der Waals surface area contributed by atoms with Crippen molar-refractivity contribution in [1.82, 2.24) is 19.8 Å². The summed E-state index contributed by atoms with van der Waals surface area (Å²) in [4.78, 5) is 14.9. The van der Waals surface area contributed by atoms with Gasteiger partial charge in [-0.1, -0.05) is 30.4 Å². The van der Waals surface area contributed by atoms with Gasteiger partial charge in [0.2, 0.25) is 11.0 Å². The molecule has 3 aromatic rings. The molecule has 0 N–H and O–H groups in total. The third kappa shape index (κ3) is 1.93. The molecule has 100 valence electrons. The number of fused-ring (bicyclic) bond motifs is 1. The van der Waals surface area contributed by atoms with Crippen LogP contribution in [0.5, 0.6) is 0 Å². The van der Waals surface area contributed by atoms with Gasteiger partial charge in [0.25, 0.3) is 0 Å². The number of carbonyl (C=O) groups excluding carboxylic acids is 1. The van der Waals surface area contributed by atoms with Crippen molar-refractivity contribution in [2.24, 2.45) is 4.99 Å². The van der Waals surface area contributed by atoms with Crippen molar-refractivity contribution in [2.45, 2.75) is 20.3 Å². The molecule has 0 saturated carbocycles. The Balaban J connectivity index is 2.17. The molecule has 20 heavy (non-hydrogen) atoms. The Kier molecular flexibility index (Phi) is 3.14. The van der Waals surface area contributed by atoms with Crippen molar-refractivity contribution in [3.05, 3.63) is 29.6 Å². The highest BCUT2D eigenvalue weighted by atomic mass is 32.1. The van der Waals surface area contributed by atoms with Crippen LogP contribution in [-0.2, 0) is 11.2 Å². The quantitative estimate of drug-likeness (QED) is 0.548. The van der Waals surface area contributed by atoms with Crippen molar-refractivity contribution in [3.63, 3.8) is 0 Å². The molecule has 0 atom stereocenters. The molecule has 7 heteroatoms. The van der Waals surface area contributed by atoms with Crippen LogP contribution >= 0.6 is 11.3 Å². The molecule has 0 bridgehead atoms. The number of nitrogens with zero attached hydrogens (tertiary/aromatic N) is 5. The number of aromatic nitrogens is 4. The fraction of sp³-hybridized carbons (Fsp3) is 0.231. The lowest BCUT2D eigenvalue weighted by Crippen LogP contribution is -1.93. The molecule has 0 spiro atoms. The molecule has 2 heterocycles. The number of hydrogen-bond acceptors (Lipinski definition) is 6. The van der Waals surface area contributed by atoms with E-state index in [-0.39, 0.29) is 0 Å². The molecule has 0 saturated heterocycles. The van der Waals surface area contributed by atoms with Gasteiger partial charge >= 0.3 is 0 Å². The summed E-state index contributed by atoms with van der Waals surface area (Å²) in [5.74, 6) is 0.835. The van der Waals surface area contributed by atoms with Gasteiger partial charge in [0.1, 0.15) is 5.01 Å². The van der Waals surface area contributed by atoms with E-state index in [0.717, 1.165) is 33.3 Å². The lowest BCUT2D eigenvalue weighted by molar-refractivity contribution is 0.565. The van der Waals surface area contributed by atoms with E-state index in [0.29, 0.717) is 5.69 Å². The Bertz CT molecular complexity index is 829. The molecular weight excluding hydrogens is 274 g/mol. The first kappa shape index (κ1) is 12.7. The first-order valence-corrected chi connectivity index (χ1v) is 6.95. The lowest BCUT2D eigenvalue weighted by Gasteiger charge is -2.03. The number of aryl methyl sites for hydroxylation is 1. The molecule has 0 unspecified atom stereocenters. The third-order valence-electron chi connectivity index (χ3n) is 3.07. The minimum Gasteiger partial charge on any atom is -0.211 e. The van der Waals surface area contributed by atoms with Gasteiger partial charge in [-0.2, -0.15) is 14.6 Å². The maximum atomic E-state index is 10.4. The van der Waals surface area contributed by atoms with Gasteiger partial charge < -0.3 is 0 Å². The number of benzene rings is 1. The smallest absolute Gasteiger partial charge is 0.211 e. The third-order valence-corrected chi connectivity index (χ3v) is 4.01. The fourth-order valence-electron chi connectivity index (χ4n) is 2.01. The summed E-state index contributed by atoms with van der Waals surface area (Å²) in [5.41, 5.74) is 2.46. The van der Waals surface area contributed by atoms with Crippen LogP contribution < -0.4 is 0 Å². The van der Waals surface area contributed by atoms with Gasteiger partial charge in [-0.05, 0) is 18.6 Å². The Morgan fingerprint density at radius 3 is 3.00 bits per heavy atom. The van der Waals surface area contributed by atoms with Crippen LogP contribution in [0.4, 0.5) is 5.69 Å². The number of rotatable bonds is 3. The molecule has 2 aromatic heterocycles. The molecule has 0 fully saturated rings. The summed E-state index contributed by atoms with van der Waals surface area (Å²) in [6.07, 6.45) is 2.35. The van der Waals surface area contributed by atoms with Crippen molar-refractivity contribution in [1.29, 1.82) is 0 Å². The SMILES string of the molecule is CCc1nnc2sc(-c3cccc(N=C=O)c3C)nn12. The second kappa shape index (κ2) is 4.96.